The predicted molar refractivity (Wildman–Crippen MR) is 103 cm³/mol. The number of pyridine rings is 1. The van der Waals surface area contributed by atoms with Crippen LogP contribution in [0.2, 0.25) is 0 Å². The van der Waals surface area contributed by atoms with Gasteiger partial charge in [0.2, 0.25) is 5.91 Å². The van der Waals surface area contributed by atoms with E-state index < -0.39 is 0 Å². The predicted octanol–water partition coefficient (Wildman–Crippen LogP) is 3.89. The van der Waals surface area contributed by atoms with E-state index in [-0.39, 0.29) is 5.91 Å². The fraction of sp³-hybridized carbons (Fsp3) is 0.455. The first-order valence-electron chi connectivity index (χ1n) is 9.54. The van der Waals surface area contributed by atoms with Crippen molar-refractivity contribution in [2.24, 2.45) is 5.92 Å². The van der Waals surface area contributed by atoms with Gasteiger partial charge >= 0.3 is 0 Å². The normalized spacial score (nSPS) is 17.1. The molecule has 1 amide bonds. The van der Waals surface area contributed by atoms with Crippen LogP contribution in [-0.2, 0) is 17.6 Å². The van der Waals surface area contributed by atoms with Crippen molar-refractivity contribution < 1.29 is 9.53 Å². The molecule has 0 bridgehead atoms. The first kappa shape index (κ1) is 18.4. The van der Waals surface area contributed by atoms with Crippen LogP contribution in [0.1, 0.15) is 36.8 Å². The quantitative estimate of drug-likeness (QED) is 0.759. The topological polar surface area (TPSA) is 42.4 Å². The SMILES string of the molecule is COc1cccc(CCC2CCCN(C(=O)CCc3cccnc3)C2)c1. The summed E-state index contributed by atoms with van der Waals surface area (Å²) in [6, 6.07) is 12.3. The Kier molecular flexibility index (Phi) is 6.64. The van der Waals surface area contributed by atoms with Crippen LogP contribution < -0.4 is 4.74 Å². The van der Waals surface area contributed by atoms with E-state index in [1.807, 2.05) is 30.5 Å². The number of piperidine rings is 1. The smallest absolute Gasteiger partial charge is 0.222 e. The summed E-state index contributed by atoms with van der Waals surface area (Å²) in [6.45, 7) is 1.80. The molecule has 4 heteroatoms. The summed E-state index contributed by atoms with van der Waals surface area (Å²) in [5, 5.41) is 0. The summed E-state index contributed by atoms with van der Waals surface area (Å²) in [5.41, 5.74) is 2.44. The molecule has 1 atom stereocenters. The van der Waals surface area contributed by atoms with Crippen LogP contribution in [0.3, 0.4) is 0 Å². The minimum atomic E-state index is 0.278. The van der Waals surface area contributed by atoms with E-state index in [4.69, 9.17) is 4.74 Å². The summed E-state index contributed by atoms with van der Waals surface area (Å²) in [6.07, 6.45) is 9.46. The molecule has 3 rings (SSSR count). The average molecular weight is 352 g/mol. The number of methoxy groups -OCH3 is 1. The second-order valence-electron chi connectivity index (χ2n) is 7.10. The Morgan fingerprint density at radius 3 is 2.92 bits per heavy atom. The maximum absolute atomic E-state index is 12.6. The lowest BCUT2D eigenvalue weighted by molar-refractivity contribution is -0.133. The highest BCUT2D eigenvalue weighted by molar-refractivity contribution is 5.76. The molecular weight excluding hydrogens is 324 g/mol. The Morgan fingerprint density at radius 1 is 1.23 bits per heavy atom. The highest BCUT2D eigenvalue weighted by Crippen LogP contribution is 2.23. The number of rotatable bonds is 7. The fourth-order valence-corrected chi connectivity index (χ4v) is 3.68. The molecule has 2 aromatic rings. The number of carbonyl (C=O) groups is 1. The molecule has 1 unspecified atom stereocenters. The van der Waals surface area contributed by atoms with Gasteiger partial charge in [0, 0.05) is 31.9 Å². The molecule has 1 aromatic carbocycles. The number of benzene rings is 1. The Morgan fingerprint density at radius 2 is 2.12 bits per heavy atom. The van der Waals surface area contributed by atoms with Gasteiger partial charge in [0.05, 0.1) is 7.11 Å². The number of aryl methyl sites for hydroxylation is 2. The summed E-state index contributed by atoms with van der Waals surface area (Å²) in [5.74, 6) is 1.79. The molecule has 4 nitrogen and oxygen atoms in total. The van der Waals surface area contributed by atoms with Gasteiger partial charge in [-0.2, -0.15) is 0 Å². The fourth-order valence-electron chi connectivity index (χ4n) is 3.68. The Bertz CT molecular complexity index is 702. The van der Waals surface area contributed by atoms with Crippen molar-refractivity contribution in [1.29, 1.82) is 0 Å². The Balaban J connectivity index is 1.46. The minimum absolute atomic E-state index is 0.278. The lowest BCUT2D eigenvalue weighted by Crippen LogP contribution is -2.40. The van der Waals surface area contributed by atoms with Crippen LogP contribution >= 0.6 is 0 Å². The molecule has 1 fully saturated rings. The standard InChI is InChI=1S/C22H28N2O2/c1-26-21-8-2-5-18(15-21)9-10-20-7-4-14-24(17-20)22(25)12-11-19-6-3-13-23-16-19/h2-3,5-6,8,13,15-16,20H,4,7,9-12,14,17H2,1H3. The van der Waals surface area contributed by atoms with Crippen LogP contribution in [0.4, 0.5) is 0 Å². The highest BCUT2D eigenvalue weighted by Gasteiger charge is 2.23. The third kappa shape index (κ3) is 5.32. The molecule has 1 aromatic heterocycles. The second kappa shape index (κ2) is 9.37. The van der Waals surface area contributed by atoms with Crippen LogP contribution in [0.25, 0.3) is 0 Å². The molecule has 1 aliphatic heterocycles. The molecule has 0 saturated carbocycles. The van der Waals surface area contributed by atoms with Gasteiger partial charge in [-0.25, -0.2) is 0 Å². The number of carbonyl (C=O) groups excluding carboxylic acids is 1. The second-order valence-corrected chi connectivity index (χ2v) is 7.10. The zero-order valence-corrected chi connectivity index (χ0v) is 15.6. The van der Waals surface area contributed by atoms with Crippen LogP contribution in [0.5, 0.6) is 5.75 Å². The maximum Gasteiger partial charge on any atom is 0.222 e. The van der Waals surface area contributed by atoms with E-state index in [0.717, 1.165) is 50.1 Å². The van der Waals surface area contributed by atoms with Gasteiger partial charge < -0.3 is 9.64 Å². The van der Waals surface area contributed by atoms with Crippen molar-refractivity contribution in [3.05, 3.63) is 59.9 Å². The first-order chi connectivity index (χ1) is 12.7. The Labute approximate surface area is 156 Å². The lowest BCUT2D eigenvalue weighted by Gasteiger charge is -2.33. The van der Waals surface area contributed by atoms with Crippen LogP contribution in [-0.4, -0.2) is 36.0 Å². The summed E-state index contributed by atoms with van der Waals surface area (Å²) >= 11 is 0. The van der Waals surface area contributed by atoms with Gasteiger partial charge in [0.1, 0.15) is 5.75 Å². The van der Waals surface area contributed by atoms with E-state index in [1.165, 1.54) is 12.0 Å². The minimum Gasteiger partial charge on any atom is -0.497 e. The monoisotopic (exact) mass is 352 g/mol. The summed E-state index contributed by atoms with van der Waals surface area (Å²) in [4.78, 5) is 18.7. The molecule has 0 spiro atoms. The molecule has 1 saturated heterocycles. The van der Waals surface area contributed by atoms with Crippen LogP contribution in [0.15, 0.2) is 48.8 Å². The van der Waals surface area contributed by atoms with Crippen LogP contribution in [0, 0.1) is 5.92 Å². The van der Waals surface area contributed by atoms with E-state index in [0.29, 0.717) is 12.3 Å². The summed E-state index contributed by atoms with van der Waals surface area (Å²) < 4.78 is 5.30. The van der Waals surface area contributed by atoms with E-state index in [1.54, 1.807) is 13.3 Å². The average Bonchev–Trinajstić information content (AvgIpc) is 2.71. The van der Waals surface area contributed by atoms with Crippen molar-refractivity contribution in [1.82, 2.24) is 9.88 Å². The largest absolute Gasteiger partial charge is 0.497 e. The first-order valence-corrected chi connectivity index (χ1v) is 9.54. The van der Waals surface area contributed by atoms with Gasteiger partial charge in [-0.1, -0.05) is 18.2 Å². The van der Waals surface area contributed by atoms with Gasteiger partial charge in [-0.05, 0) is 67.3 Å². The van der Waals surface area contributed by atoms with Crippen molar-refractivity contribution in [2.45, 2.75) is 38.5 Å². The summed E-state index contributed by atoms with van der Waals surface area (Å²) in [7, 11) is 1.70. The number of ether oxygens (including phenoxy) is 1. The van der Waals surface area contributed by atoms with Crippen molar-refractivity contribution in [3.63, 3.8) is 0 Å². The zero-order valence-electron chi connectivity index (χ0n) is 15.6. The molecule has 0 aliphatic carbocycles. The van der Waals surface area contributed by atoms with Gasteiger partial charge in [0.25, 0.3) is 0 Å². The number of amides is 1. The number of hydrogen-bond donors (Lipinski definition) is 0. The molecule has 1 aliphatic rings. The molecule has 26 heavy (non-hydrogen) atoms. The Hall–Kier alpha value is -2.36. The molecule has 0 N–H and O–H groups in total. The van der Waals surface area contributed by atoms with Crippen molar-refractivity contribution >= 4 is 5.91 Å². The molecule has 0 radical (unpaired) electrons. The number of likely N-dealkylation sites (tertiary alicyclic amines) is 1. The van der Waals surface area contributed by atoms with Crippen molar-refractivity contribution in [2.75, 3.05) is 20.2 Å². The van der Waals surface area contributed by atoms with E-state index >= 15 is 0 Å². The lowest BCUT2D eigenvalue weighted by atomic mass is 9.91. The maximum atomic E-state index is 12.6. The molecule has 2 heterocycles. The van der Waals surface area contributed by atoms with E-state index in [2.05, 4.69) is 22.0 Å². The number of nitrogens with zero attached hydrogens (tertiary/aromatic N) is 2. The third-order valence-corrected chi connectivity index (χ3v) is 5.20. The third-order valence-electron chi connectivity index (χ3n) is 5.20. The van der Waals surface area contributed by atoms with Gasteiger partial charge in [-0.15, -0.1) is 0 Å². The zero-order chi connectivity index (χ0) is 18.2. The van der Waals surface area contributed by atoms with Gasteiger partial charge in [0.15, 0.2) is 0 Å². The van der Waals surface area contributed by atoms with E-state index in [9.17, 15) is 4.79 Å². The van der Waals surface area contributed by atoms with Crippen molar-refractivity contribution in [3.8, 4) is 5.75 Å². The number of hydrogen-bond acceptors (Lipinski definition) is 3. The molecular formula is C22H28N2O2. The molecule has 138 valence electrons. The number of aromatic nitrogens is 1. The van der Waals surface area contributed by atoms with Gasteiger partial charge in [-0.3, -0.25) is 9.78 Å². The highest BCUT2D eigenvalue weighted by atomic mass is 16.5.